The van der Waals surface area contributed by atoms with E-state index in [1.165, 1.54) is 7.11 Å². The summed E-state index contributed by atoms with van der Waals surface area (Å²) in [6.07, 6.45) is 0. The normalized spacial score (nSPS) is 12.6. The van der Waals surface area contributed by atoms with Crippen LogP contribution in [0.5, 0.6) is 5.75 Å². The standard InChI is InChI=1S/C13H17N4O7P/c1-22-9-6-4-8(5-7-9)10(25(21,23-2)24-3)14-12(19)17-13(20)15-11(18)16-17/h4-7,10H,1-3H3,(H,14,19)(H2,15,16,18,20)/t10-/m1/s1. The maximum Gasteiger partial charge on any atom is 0.356 e. The van der Waals surface area contributed by atoms with Crippen molar-refractivity contribution in [3.63, 3.8) is 0 Å². The largest absolute Gasteiger partial charge is 0.497 e. The van der Waals surface area contributed by atoms with Crippen LogP contribution in [0.15, 0.2) is 33.9 Å². The molecule has 1 amide bonds. The maximum absolute atomic E-state index is 12.8. The van der Waals surface area contributed by atoms with Crippen molar-refractivity contribution in [2.75, 3.05) is 21.3 Å². The predicted octanol–water partition coefficient (Wildman–Crippen LogP) is 0.616. The summed E-state index contributed by atoms with van der Waals surface area (Å²) in [4.78, 5) is 36.8. The van der Waals surface area contributed by atoms with Crippen LogP contribution in [-0.2, 0) is 13.6 Å². The quantitative estimate of drug-likeness (QED) is 0.630. The van der Waals surface area contributed by atoms with E-state index >= 15 is 0 Å². The first kappa shape index (κ1) is 18.7. The van der Waals surface area contributed by atoms with Gasteiger partial charge in [-0.25, -0.2) is 19.5 Å². The van der Waals surface area contributed by atoms with Crippen molar-refractivity contribution in [2.45, 2.75) is 5.78 Å². The van der Waals surface area contributed by atoms with E-state index in [1.807, 2.05) is 10.1 Å². The molecule has 1 heterocycles. The van der Waals surface area contributed by atoms with Crippen molar-refractivity contribution < 1.29 is 23.1 Å². The lowest BCUT2D eigenvalue weighted by Crippen LogP contribution is -2.38. The highest BCUT2D eigenvalue weighted by molar-refractivity contribution is 7.54. The van der Waals surface area contributed by atoms with Gasteiger partial charge in [-0.15, -0.1) is 4.68 Å². The third kappa shape index (κ3) is 3.90. The van der Waals surface area contributed by atoms with Crippen molar-refractivity contribution in [3.8, 4) is 5.75 Å². The Morgan fingerprint density at radius 3 is 2.20 bits per heavy atom. The number of carbonyl (C=O) groups excluding carboxylic acids is 1. The summed E-state index contributed by atoms with van der Waals surface area (Å²) in [7, 11) is 0.00247. The van der Waals surface area contributed by atoms with Gasteiger partial charge in [0.1, 0.15) is 5.75 Å². The van der Waals surface area contributed by atoms with Crippen LogP contribution in [0.1, 0.15) is 11.3 Å². The molecule has 0 bridgehead atoms. The number of ether oxygens (including phenoxy) is 1. The monoisotopic (exact) mass is 372 g/mol. The SMILES string of the molecule is COc1ccc([C@H](NC(=O)n2[nH]c(=O)[nH]c2=O)P(=O)(OC)OC)cc1. The summed E-state index contributed by atoms with van der Waals surface area (Å²) >= 11 is 0. The molecule has 12 heteroatoms. The highest BCUT2D eigenvalue weighted by atomic mass is 31.2. The second-order valence-electron chi connectivity index (χ2n) is 4.74. The Morgan fingerprint density at radius 1 is 1.16 bits per heavy atom. The summed E-state index contributed by atoms with van der Waals surface area (Å²) in [6, 6.07) is 5.27. The number of carbonyl (C=O) groups is 1. The molecule has 1 atom stereocenters. The van der Waals surface area contributed by atoms with E-state index in [0.29, 0.717) is 16.0 Å². The molecule has 0 saturated heterocycles. The Morgan fingerprint density at radius 2 is 1.76 bits per heavy atom. The summed E-state index contributed by atoms with van der Waals surface area (Å²) in [6.45, 7) is 0. The molecule has 136 valence electrons. The van der Waals surface area contributed by atoms with Gasteiger partial charge in [0, 0.05) is 14.2 Å². The molecule has 0 spiro atoms. The molecule has 1 aromatic carbocycles. The van der Waals surface area contributed by atoms with Gasteiger partial charge in [0.25, 0.3) is 0 Å². The molecule has 0 unspecified atom stereocenters. The van der Waals surface area contributed by atoms with E-state index in [0.717, 1.165) is 14.2 Å². The Labute approximate surface area is 141 Å². The number of aromatic nitrogens is 3. The van der Waals surface area contributed by atoms with Crippen LogP contribution in [0.2, 0.25) is 0 Å². The van der Waals surface area contributed by atoms with Crippen LogP contribution in [0, 0.1) is 0 Å². The molecule has 2 rings (SSSR count). The van der Waals surface area contributed by atoms with E-state index in [-0.39, 0.29) is 0 Å². The Kier molecular flexibility index (Phi) is 5.62. The molecule has 0 fully saturated rings. The van der Waals surface area contributed by atoms with Crippen LogP contribution in [0.4, 0.5) is 4.79 Å². The second kappa shape index (κ2) is 7.51. The van der Waals surface area contributed by atoms with E-state index in [1.54, 1.807) is 24.3 Å². The third-order valence-corrected chi connectivity index (χ3v) is 5.43. The van der Waals surface area contributed by atoms with Gasteiger partial charge in [-0.1, -0.05) is 12.1 Å². The highest BCUT2D eigenvalue weighted by Crippen LogP contribution is 2.58. The van der Waals surface area contributed by atoms with Gasteiger partial charge in [-0.3, -0.25) is 9.55 Å². The minimum atomic E-state index is -3.81. The molecule has 25 heavy (non-hydrogen) atoms. The third-order valence-electron chi connectivity index (χ3n) is 3.36. The molecular weight excluding hydrogens is 355 g/mol. The molecule has 11 nitrogen and oxygen atoms in total. The van der Waals surface area contributed by atoms with Crippen LogP contribution in [0.3, 0.4) is 0 Å². The average molecular weight is 372 g/mol. The molecule has 0 saturated carbocycles. The topological polar surface area (TPSA) is 145 Å². The zero-order chi connectivity index (χ0) is 18.6. The van der Waals surface area contributed by atoms with Gasteiger partial charge in [-0.2, -0.15) is 0 Å². The van der Waals surface area contributed by atoms with E-state index in [4.69, 9.17) is 13.8 Å². The van der Waals surface area contributed by atoms with Crippen molar-refractivity contribution >= 4 is 13.6 Å². The molecule has 3 N–H and O–H groups in total. The first-order valence-electron chi connectivity index (χ1n) is 6.92. The molecule has 0 radical (unpaired) electrons. The number of nitrogens with zero attached hydrogens (tertiary/aromatic N) is 1. The van der Waals surface area contributed by atoms with Crippen molar-refractivity contribution in [1.29, 1.82) is 0 Å². The zero-order valence-corrected chi connectivity index (χ0v) is 14.5. The second-order valence-corrected chi connectivity index (χ2v) is 7.06. The zero-order valence-electron chi connectivity index (χ0n) is 13.6. The van der Waals surface area contributed by atoms with Gasteiger partial charge in [0.15, 0.2) is 5.78 Å². The fourth-order valence-corrected chi connectivity index (χ4v) is 3.45. The van der Waals surface area contributed by atoms with E-state index in [2.05, 4.69) is 5.32 Å². The molecule has 0 aliphatic heterocycles. The number of aromatic amines is 2. The van der Waals surface area contributed by atoms with Crippen molar-refractivity contribution in [1.82, 2.24) is 20.1 Å². The highest BCUT2D eigenvalue weighted by Gasteiger charge is 2.37. The predicted molar refractivity (Wildman–Crippen MR) is 87.0 cm³/mol. The average Bonchev–Trinajstić information content (AvgIpc) is 2.97. The molecule has 0 aliphatic carbocycles. The Hall–Kier alpha value is -2.62. The summed E-state index contributed by atoms with van der Waals surface area (Å²) in [5.74, 6) is -0.684. The number of amides is 1. The van der Waals surface area contributed by atoms with E-state index in [9.17, 15) is 18.9 Å². The minimum absolute atomic E-state index is 0.382. The van der Waals surface area contributed by atoms with Crippen LogP contribution < -0.4 is 21.4 Å². The lowest BCUT2D eigenvalue weighted by Gasteiger charge is -2.25. The summed E-state index contributed by atoms with van der Waals surface area (Å²) in [5, 5.41) is 4.36. The van der Waals surface area contributed by atoms with Crippen molar-refractivity contribution in [3.05, 3.63) is 50.8 Å². The van der Waals surface area contributed by atoms with Crippen LogP contribution in [0.25, 0.3) is 0 Å². The van der Waals surface area contributed by atoms with Gasteiger partial charge in [0.05, 0.1) is 7.11 Å². The Bertz CT molecular complexity index is 890. The molecule has 2 aromatic rings. The van der Waals surface area contributed by atoms with Gasteiger partial charge >= 0.3 is 25.0 Å². The number of hydrogen-bond acceptors (Lipinski definition) is 7. The number of benzene rings is 1. The van der Waals surface area contributed by atoms with Gasteiger partial charge in [-0.05, 0) is 17.7 Å². The van der Waals surface area contributed by atoms with Crippen molar-refractivity contribution in [2.24, 2.45) is 0 Å². The fraction of sp³-hybridized carbons (Fsp3) is 0.308. The number of nitrogens with one attached hydrogen (secondary N) is 3. The number of methoxy groups -OCH3 is 1. The number of H-pyrrole nitrogens is 2. The van der Waals surface area contributed by atoms with E-state index < -0.39 is 30.8 Å². The minimum Gasteiger partial charge on any atom is -0.497 e. The van der Waals surface area contributed by atoms with Crippen LogP contribution in [-0.4, -0.2) is 42.1 Å². The van der Waals surface area contributed by atoms with Gasteiger partial charge < -0.3 is 19.1 Å². The first-order chi connectivity index (χ1) is 11.8. The van der Waals surface area contributed by atoms with Gasteiger partial charge in [0.2, 0.25) is 0 Å². The lowest BCUT2D eigenvalue weighted by molar-refractivity contribution is 0.229. The fourth-order valence-electron chi connectivity index (χ4n) is 2.07. The molecular formula is C13H17N4O7P. The number of hydrogen-bond donors (Lipinski definition) is 3. The summed E-state index contributed by atoms with van der Waals surface area (Å²) < 4.78 is 28.2. The smallest absolute Gasteiger partial charge is 0.356 e. The maximum atomic E-state index is 12.8. The molecule has 0 aliphatic rings. The number of rotatable bonds is 6. The first-order valence-corrected chi connectivity index (χ1v) is 8.53. The lowest BCUT2D eigenvalue weighted by atomic mass is 10.2. The Balaban J connectivity index is 2.42. The summed E-state index contributed by atoms with van der Waals surface area (Å²) in [5.41, 5.74) is -1.45. The molecule has 1 aromatic heterocycles. The van der Waals surface area contributed by atoms with Crippen LogP contribution >= 0.6 is 7.60 Å².